The summed E-state index contributed by atoms with van der Waals surface area (Å²) in [5.41, 5.74) is 0. The van der Waals surface area contributed by atoms with E-state index in [9.17, 15) is 4.57 Å². The van der Waals surface area contributed by atoms with Crippen molar-refractivity contribution in [3.05, 3.63) is 10.1 Å². The summed E-state index contributed by atoms with van der Waals surface area (Å²) in [7, 11) is -3.31. The van der Waals surface area contributed by atoms with Gasteiger partial charge in [-0.15, -0.1) is 10.1 Å². The molecular formula is C12H40NO13P. The van der Waals surface area contributed by atoms with Crippen molar-refractivity contribution in [2.75, 3.05) is 19.8 Å². The quantitative estimate of drug-likeness (QED) is 0.176. The molecule has 14 nitrogen and oxygen atoms in total. The Morgan fingerprint density at radius 2 is 0.926 bits per heavy atom. The Balaban J connectivity index is -0.0000000548. The van der Waals surface area contributed by atoms with Gasteiger partial charge in [0.15, 0.2) is 0 Å². The van der Waals surface area contributed by atoms with Crippen molar-refractivity contribution in [2.24, 2.45) is 0 Å². The number of hydrogen-bond acceptors (Lipinski definition) is 6. The van der Waals surface area contributed by atoms with Crippen molar-refractivity contribution in [1.29, 1.82) is 0 Å². The molecule has 0 amide bonds. The first-order valence-corrected chi connectivity index (χ1v) is 8.74. The van der Waals surface area contributed by atoms with Gasteiger partial charge in [-0.1, -0.05) is 40.0 Å². The number of nitrogens with zero attached hydrogens (tertiary/aromatic N) is 1. The fourth-order valence-electron chi connectivity index (χ4n) is 1.07. The smallest absolute Gasteiger partial charge is 0.412 e. The predicted octanol–water partition coefficient (Wildman–Crippen LogP) is -0.751. The molecule has 13 N–H and O–H groups in total. The summed E-state index contributed by atoms with van der Waals surface area (Å²) in [6.07, 6.45) is 5.63. The Morgan fingerprint density at radius 3 is 1.07 bits per heavy atom. The lowest BCUT2D eigenvalue weighted by Crippen LogP contribution is -2.03. The van der Waals surface area contributed by atoms with E-state index in [0.717, 1.165) is 38.5 Å². The monoisotopic (exact) mass is 437 g/mol. The van der Waals surface area contributed by atoms with E-state index >= 15 is 0 Å². The fourth-order valence-corrected chi connectivity index (χ4v) is 2.36. The van der Waals surface area contributed by atoms with Gasteiger partial charge in [0, 0.05) is 0 Å². The minimum absolute atomic E-state index is 0. The van der Waals surface area contributed by atoms with Crippen molar-refractivity contribution in [3.63, 3.8) is 0 Å². The highest BCUT2D eigenvalue weighted by molar-refractivity contribution is 7.48. The number of rotatable bonds is 12. The predicted molar refractivity (Wildman–Crippen MR) is 101 cm³/mol. The van der Waals surface area contributed by atoms with Crippen LogP contribution >= 0.6 is 7.82 Å². The third-order valence-corrected chi connectivity index (χ3v) is 3.74. The molecule has 0 aliphatic rings. The van der Waals surface area contributed by atoms with Gasteiger partial charge in [-0.3, -0.25) is 13.6 Å². The molecule has 0 spiro atoms. The maximum atomic E-state index is 12.2. The van der Waals surface area contributed by atoms with Gasteiger partial charge in [0.05, 0.1) is 19.8 Å². The number of unbranched alkanes of at least 4 members (excludes halogenated alkanes) is 3. The minimum Gasteiger partial charge on any atom is -0.412 e. The van der Waals surface area contributed by atoms with Crippen molar-refractivity contribution in [1.82, 2.24) is 0 Å². The van der Waals surface area contributed by atoms with Gasteiger partial charge in [-0.2, -0.15) is 0 Å². The largest absolute Gasteiger partial charge is 0.474 e. The molecule has 0 radical (unpaired) electrons. The first kappa shape index (κ1) is 50.2. The van der Waals surface area contributed by atoms with E-state index in [1.54, 1.807) is 0 Å². The van der Waals surface area contributed by atoms with Crippen LogP contribution in [0, 0.1) is 10.1 Å². The summed E-state index contributed by atoms with van der Waals surface area (Å²) in [5, 5.41) is 13.6. The average molecular weight is 437 g/mol. The molecule has 27 heavy (non-hydrogen) atoms. The van der Waals surface area contributed by atoms with Crippen LogP contribution in [-0.4, -0.2) is 63.0 Å². The Labute approximate surface area is 159 Å². The molecule has 0 saturated heterocycles. The van der Waals surface area contributed by atoms with E-state index in [1.807, 2.05) is 0 Å². The maximum Gasteiger partial charge on any atom is 0.474 e. The molecule has 176 valence electrons. The molecule has 0 fully saturated rings. The summed E-state index contributed by atoms with van der Waals surface area (Å²) < 4.78 is 28.0. The van der Waals surface area contributed by atoms with E-state index in [4.69, 9.17) is 28.9 Å². The maximum absolute atomic E-state index is 12.2. The molecule has 0 saturated carbocycles. The van der Waals surface area contributed by atoms with Gasteiger partial charge < -0.3 is 38.1 Å². The van der Waals surface area contributed by atoms with Crippen LogP contribution in [0.2, 0.25) is 0 Å². The number of phosphoric ester groups is 1. The third-order valence-electron chi connectivity index (χ3n) is 2.24. The van der Waals surface area contributed by atoms with Crippen LogP contribution in [-0.2, 0) is 18.1 Å². The molecule has 0 rings (SSSR count). The Kier molecular flexibility index (Phi) is 67.0. The molecule has 0 aliphatic carbocycles. The zero-order chi connectivity index (χ0) is 16.6. The molecule has 0 aromatic heterocycles. The van der Waals surface area contributed by atoms with Crippen molar-refractivity contribution >= 4 is 7.82 Å². The van der Waals surface area contributed by atoms with Crippen molar-refractivity contribution in [2.45, 2.75) is 59.3 Å². The van der Waals surface area contributed by atoms with Crippen molar-refractivity contribution < 1.29 is 61.3 Å². The average Bonchev–Trinajstić information content (AvgIpc) is 2.39. The normalized spacial score (nSPS) is 8.41. The first-order valence-electron chi connectivity index (χ1n) is 7.28. The summed E-state index contributed by atoms with van der Waals surface area (Å²) in [5.74, 6) is 0. The molecule has 15 heteroatoms. The fraction of sp³-hybridized carbons (Fsp3) is 1.00. The number of hydrogen-bond donors (Lipinski definition) is 1. The second-order valence-corrected chi connectivity index (χ2v) is 5.91. The van der Waals surface area contributed by atoms with E-state index in [1.165, 1.54) is 0 Å². The molecule has 0 aromatic rings. The highest BCUT2D eigenvalue weighted by Crippen LogP contribution is 2.49. The van der Waals surface area contributed by atoms with Crippen molar-refractivity contribution in [3.8, 4) is 0 Å². The van der Waals surface area contributed by atoms with Crippen LogP contribution in [0.4, 0.5) is 0 Å². The lowest BCUT2D eigenvalue weighted by Gasteiger charge is -2.17. The minimum atomic E-state index is -3.31. The zero-order valence-electron chi connectivity index (χ0n) is 16.2. The second-order valence-electron chi connectivity index (χ2n) is 4.25. The van der Waals surface area contributed by atoms with Crippen LogP contribution in [0.5, 0.6) is 0 Å². The summed E-state index contributed by atoms with van der Waals surface area (Å²) in [6, 6.07) is 0. The lowest BCUT2D eigenvalue weighted by molar-refractivity contribution is -0.742. The van der Waals surface area contributed by atoms with Gasteiger partial charge in [-0.25, -0.2) is 4.57 Å². The summed E-state index contributed by atoms with van der Waals surface area (Å²) in [4.78, 5) is 8.36. The SMILES string of the molecule is CCCCOP(=O)(OCCCC)OCCCC.O.O.O.O.O.O.O=[N+]([O-])O. The molecular weight excluding hydrogens is 397 g/mol. The first-order chi connectivity index (χ1) is 9.91. The van der Waals surface area contributed by atoms with Crippen LogP contribution in [0.1, 0.15) is 59.3 Å². The van der Waals surface area contributed by atoms with Gasteiger partial charge in [0.25, 0.3) is 5.09 Å². The van der Waals surface area contributed by atoms with Crippen LogP contribution < -0.4 is 0 Å². The van der Waals surface area contributed by atoms with E-state index < -0.39 is 12.9 Å². The molecule has 0 unspecified atom stereocenters. The van der Waals surface area contributed by atoms with Crippen LogP contribution in [0.25, 0.3) is 0 Å². The van der Waals surface area contributed by atoms with Gasteiger partial charge in [-0.05, 0) is 19.3 Å². The Bertz CT molecular complexity index is 259. The molecule has 0 aromatic carbocycles. The highest BCUT2D eigenvalue weighted by atomic mass is 31.2. The van der Waals surface area contributed by atoms with Gasteiger partial charge in [0.1, 0.15) is 0 Å². The molecule has 0 aliphatic heterocycles. The summed E-state index contributed by atoms with van der Waals surface area (Å²) in [6.45, 7) is 7.49. The zero-order valence-corrected chi connectivity index (χ0v) is 17.0. The summed E-state index contributed by atoms with van der Waals surface area (Å²) >= 11 is 0. The van der Waals surface area contributed by atoms with E-state index in [2.05, 4.69) is 20.8 Å². The van der Waals surface area contributed by atoms with Gasteiger partial charge >= 0.3 is 7.82 Å². The topological polar surface area (TPSA) is 297 Å². The van der Waals surface area contributed by atoms with E-state index in [-0.39, 0.29) is 32.9 Å². The third kappa shape index (κ3) is 45.8. The standard InChI is InChI=1S/C12H27O4P.HNO3.6H2O/c1-4-7-10-14-17(13,15-11-8-5-2)16-12-9-6-3;2-1(3)4;;;;;;/h4-12H2,1-3H3;(H,2,3,4);6*1H2. The molecule has 0 heterocycles. The molecule has 0 bridgehead atoms. The Morgan fingerprint density at radius 1 is 0.741 bits per heavy atom. The Hall–Kier alpha value is -0.930. The lowest BCUT2D eigenvalue weighted by atomic mass is 10.4. The van der Waals surface area contributed by atoms with Crippen LogP contribution in [0.15, 0.2) is 0 Å². The van der Waals surface area contributed by atoms with E-state index in [0.29, 0.717) is 19.8 Å². The number of phosphoric acid groups is 1. The second kappa shape index (κ2) is 36.1. The van der Waals surface area contributed by atoms with Gasteiger partial charge in [0.2, 0.25) is 0 Å². The highest BCUT2D eigenvalue weighted by Gasteiger charge is 2.25. The molecule has 0 atom stereocenters. The van der Waals surface area contributed by atoms with Crippen LogP contribution in [0.3, 0.4) is 0 Å².